The van der Waals surface area contributed by atoms with Crippen LogP contribution in [0.25, 0.3) is 21.5 Å². The first-order chi connectivity index (χ1) is 11.6. The number of thiophene rings is 1. The highest BCUT2D eigenvalue weighted by Crippen LogP contribution is 2.17. The minimum absolute atomic E-state index is 0.0501. The maximum absolute atomic E-state index is 13.0. The first-order valence-corrected chi connectivity index (χ1v) is 8.56. The van der Waals surface area contributed by atoms with E-state index in [0.717, 1.165) is 38.6 Å². The van der Waals surface area contributed by atoms with Crippen molar-refractivity contribution in [3.05, 3.63) is 56.8 Å². The Balaban J connectivity index is 2.05. The lowest BCUT2D eigenvalue weighted by Gasteiger charge is -2.18. The van der Waals surface area contributed by atoms with Crippen molar-refractivity contribution >= 4 is 27.1 Å². The second-order valence-electron chi connectivity index (χ2n) is 6.01. The van der Waals surface area contributed by atoms with E-state index in [1.165, 1.54) is 17.0 Å². The molecule has 0 aliphatic carbocycles. The molecule has 24 heavy (non-hydrogen) atoms. The number of benzene rings is 1. The van der Waals surface area contributed by atoms with Gasteiger partial charge in [-0.15, -0.1) is 11.3 Å². The summed E-state index contributed by atoms with van der Waals surface area (Å²) >= 11 is 1.46. The molecular weight excluding hydrogens is 322 g/mol. The summed E-state index contributed by atoms with van der Waals surface area (Å²) in [6.45, 7) is 0.763. The fourth-order valence-electron chi connectivity index (χ4n) is 3.12. The first-order valence-electron chi connectivity index (χ1n) is 7.75. The van der Waals surface area contributed by atoms with Gasteiger partial charge in [0.25, 0.3) is 5.56 Å². The number of phenols is 1. The van der Waals surface area contributed by atoms with Crippen LogP contribution in [0.5, 0.6) is 5.75 Å². The zero-order chi connectivity index (χ0) is 16.8. The zero-order valence-corrected chi connectivity index (χ0v) is 14.3. The summed E-state index contributed by atoms with van der Waals surface area (Å²) in [4.78, 5) is 19.7. The Kier molecular flexibility index (Phi) is 3.42. The van der Waals surface area contributed by atoms with Gasteiger partial charge in [-0.05, 0) is 30.3 Å². The van der Waals surface area contributed by atoms with Crippen molar-refractivity contribution in [1.82, 2.24) is 9.47 Å². The fraction of sp³-hybridized carbons (Fsp3) is 0.222. The van der Waals surface area contributed by atoms with Crippen LogP contribution in [0, 0.1) is 0 Å². The number of aromatic nitrogens is 1. The summed E-state index contributed by atoms with van der Waals surface area (Å²) in [6.07, 6.45) is 2.69. The van der Waals surface area contributed by atoms with Crippen LogP contribution in [0.1, 0.15) is 6.42 Å². The third-order valence-corrected chi connectivity index (χ3v) is 5.42. The van der Waals surface area contributed by atoms with Crippen molar-refractivity contribution in [3.8, 4) is 11.4 Å². The molecule has 1 aliphatic heterocycles. The monoisotopic (exact) mass is 339 g/mol. The molecule has 3 aromatic rings. The largest absolute Gasteiger partial charge is 0.508 e. The van der Waals surface area contributed by atoms with E-state index in [1.54, 1.807) is 35.0 Å². The van der Waals surface area contributed by atoms with Gasteiger partial charge in [-0.1, -0.05) is 0 Å². The molecule has 0 spiro atoms. The maximum Gasteiger partial charge on any atom is 0.273 e. The van der Waals surface area contributed by atoms with Gasteiger partial charge >= 0.3 is 0 Å². The minimum atomic E-state index is -0.0501. The van der Waals surface area contributed by atoms with E-state index >= 15 is 0 Å². The molecule has 0 fully saturated rings. The number of phenolic OH excluding ortho intramolecular Hbond substituents is 1. The molecule has 1 aromatic carbocycles. The van der Waals surface area contributed by atoms with Crippen LogP contribution in [0.15, 0.2) is 46.3 Å². The zero-order valence-electron chi connectivity index (χ0n) is 13.5. The first kappa shape index (κ1) is 15.0. The Morgan fingerprint density at radius 1 is 1.21 bits per heavy atom. The van der Waals surface area contributed by atoms with Gasteiger partial charge in [-0.25, -0.2) is 0 Å². The van der Waals surface area contributed by atoms with Crippen LogP contribution in [0.3, 0.4) is 0 Å². The summed E-state index contributed by atoms with van der Waals surface area (Å²) < 4.78 is 3.28. The Morgan fingerprint density at radius 2 is 1.96 bits per heavy atom. The fourth-order valence-corrected chi connectivity index (χ4v) is 4.26. The summed E-state index contributed by atoms with van der Waals surface area (Å²) in [5.41, 5.74) is 1.92. The molecule has 0 amide bonds. The third kappa shape index (κ3) is 2.22. The second kappa shape index (κ2) is 5.49. The molecule has 6 heteroatoms. The Hall–Kier alpha value is -2.60. The van der Waals surface area contributed by atoms with Crippen LogP contribution >= 0.6 is 11.3 Å². The standard InChI is InChI=1S/C18H17N3O2S/c1-20(2)14-7-9-19-17-15(14)13-8-10-21(18(23)16(13)24-17)11-3-5-12(22)6-4-11/h3-6,8,10,22H,7,9H2,1-2H3. The van der Waals surface area contributed by atoms with Gasteiger partial charge in [-0.3, -0.25) is 14.4 Å². The van der Waals surface area contributed by atoms with E-state index in [1.807, 2.05) is 20.2 Å². The molecule has 0 saturated carbocycles. The normalized spacial score (nSPS) is 13.7. The number of nitrogens with zero attached hydrogens (tertiary/aromatic N) is 3. The molecule has 1 N–H and O–H groups in total. The topological polar surface area (TPSA) is 57.8 Å². The van der Waals surface area contributed by atoms with E-state index < -0.39 is 0 Å². The number of aromatic hydroxyl groups is 1. The highest BCUT2D eigenvalue weighted by Gasteiger charge is 2.16. The molecule has 4 rings (SSSR count). The molecule has 3 heterocycles. The van der Waals surface area contributed by atoms with Crippen molar-refractivity contribution in [2.45, 2.75) is 6.42 Å². The lowest BCUT2D eigenvalue weighted by atomic mass is 10.1. The Morgan fingerprint density at radius 3 is 2.67 bits per heavy atom. The number of rotatable bonds is 2. The van der Waals surface area contributed by atoms with Gasteiger partial charge in [0.05, 0.1) is 0 Å². The Bertz CT molecular complexity index is 1110. The van der Waals surface area contributed by atoms with Crippen LogP contribution in [0.4, 0.5) is 0 Å². The van der Waals surface area contributed by atoms with Gasteiger partial charge in [0.15, 0.2) is 0 Å². The lowest BCUT2D eigenvalue weighted by Crippen LogP contribution is -2.32. The summed E-state index contributed by atoms with van der Waals surface area (Å²) in [7, 11) is 4.07. The predicted octanol–water partition coefficient (Wildman–Crippen LogP) is 1.45. The smallest absolute Gasteiger partial charge is 0.273 e. The van der Waals surface area contributed by atoms with Crippen LogP contribution in [0.2, 0.25) is 0 Å². The van der Waals surface area contributed by atoms with E-state index in [4.69, 9.17) is 0 Å². The number of hydrogen-bond donors (Lipinski definition) is 1. The number of fused-ring (bicyclic) bond motifs is 3. The molecule has 0 atom stereocenters. The molecular formula is C18H17N3O2S. The van der Waals surface area contributed by atoms with Crippen molar-refractivity contribution in [1.29, 1.82) is 0 Å². The molecule has 0 saturated heterocycles. The molecule has 0 radical (unpaired) electrons. The molecule has 0 unspecified atom stereocenters. The van der Waals surface area contributed by atoms with E-state index in [-0.39, 0.29) is 11.3 Å². The van der Waals surface area contributed by atoms with Gasteiger partial charge < -0.3 is 10.0 Å². The quantitative estimate of drug-likeness (QED) is 0.769. The number of pyridine rings is 1. The van der Waals surface area contributed by atoms with Gasteiger partial charge in [0.1, 0.15) is 15.1 Å². The average molecular weight is 339 g/mol. The van der Waals surface area contributed by atoms with Crippen LogP contribution in [-0.4, -0.2) is 35.2 Å². The molecule has 2 aromatic heterocycles. The predicted molar refractivity (Wildman–Crippen MR) is 96.4 cm³/mol. The minimum Gasteiger partial charge on any atom is -0.508 e. The highest BCUT2D eigenvalue weighted by molar-refractivity contribution is 7.16. The van der Waals surface area contributed by atoms with Crippen LogP contribution < -0.4 is 15.4 Å². The van der Waals surface area contributed by atoms with Crippen LogP contribution in [-0.2, 0) is 0 Å². The third-order valence-electron chi connectivity index (χ3n) is 4.29. The molecule has 0 bridgehead atoms. The van der Waals surface area contributed by atoms with E-state index in [2.05, 4.69) is 9.89 Å². The van der Waals surface area contributed by atoms with Gasteiger partial charge in [0.2, 0.25) is 0 Å². The second-order valence-corrected chi connectivity index (χ2v) is 7.00. The molecule has 122 valence electrons. The van der Waals surface area contributed by atoms with Crippen molar-refractivity contribution in [2.75, 3.05) is 20.6 Å². The highest BCUT2D eigenvalue weighted by atomic mass is 32.1. The summed E-state index contributed by atoms with van der Waals surface area (Å²) in [5.74, 6) is 0.184. The van der Waals surface area contributed by atoms with E-state index in [0.29, 0.717) is 0 Å². The van der Waals surface area contributed by atoms with Gasteiger partial charge in [-0.2, -0.15) is 0 Å². The summed E-state index contributed by atoms with van der Waals surface area (Å²) in [6, 6.07) is 8.62. The maximum atomic E-state index is 13.0. The molecule has 1 aliphatic rings. The van der Waals surface area contributed by atoms with Crippen molar-refractivity contribution in [2.24, 2.45) is 4.99 Å². The summed E-state index contributed by atoms with van der Waals surface area (Å²) in [5, 5.41) is 11.5. The average Bonchev–Trinajstić information content (AvgIpc) is 2.96. The van der Waals surface area contributed by atoms with Gasteiger partial charge in [0, 0.05) is 55.2 Å². The lowest BCUT2D eigenvalue weighted by molar-refractivity contribution is 0.475. The number of hydrogen-bond acceptors (Lipinski definition) is 5. The van der Waals surface area contributed by atoms with Crippen molar-refractivity contribution in [3.63, 3.8) is 0 Å². The van der Waals surface area contributed by atoms with E-state index in [9.17, 15) is 9.90 Å². The Labute approximate surface area is 142 Å². The SMILES string of the molecule is CN(C)C1=c2c(sc3c(=O)n(-c4ccc(O)cc4)ccc23)=NCC1. The molecule has 5 nitrogen and oxygen atoms in total. The van der Waals surface area contributed by atoms with Crippen molar-refractivity contribution < 1.29 is 5.11 Å².